The zero-order valence-electron chi connectivity index (χ0n) is 25.9. The summed E-state index contributed by atoms with van der Waals surface area (Å²) in [6.07, 6.45) is 28.0. The highest BCUT2D eigenvalue weighted by Gasteiger charge is 2.16. The van der Waals surface area contributed by atoms with Crippen LogP contribution in [0.15, 0.2) is 36.5 Å². The zero-order chi connectivity index (χ0) is 29.7. The van der Waals surface area contributed by atoms with Gasteiger partial charge >= 0.3 is 11.9 Å². The fourth-order valence-electron chi connectivity index (χ4n) is 4.24. The van der Waals surface area contributed by atoms with Crippen molar-refractivity contribution in [2.75, 3.05) is 13.2 Å². The molecule has 6 nitrogen and oxygen atoms in total. The number of hydrogen-bond donors (Lipinski definition) is 2. The van der Waals surface area contributed by atoms with Crippen LogP contribution in [0.4, 0.5) is 0 Å². The van der Waals surface area contributed by atoms with Crippen LogP contribution in [0.1, 0.15) is 136 Å². The molecule has 0 spiro atoms. The second kappa shape index (κ2) is 28.6. The summed E-state index contributed by atoms with van der Waals surface area (Å²) in [5.74, 6) is 0.139. The van der Waals surface area contributed by atoms with Crippen LogP contribution in [0, 0.1) is 5.92 Å². The molecule has 40 heavy (non-hydrogen) atoms. The van der Waals surface area contributed by atoms with Crippen LogP contribution in [0.25, 0.3) is 0 Å². The van der Waals surface area contributed by atoms with Crippen LogP contribution in [-0.4, -0.2) is 47.6 Å². The molecule has 0 fully saturated rings. The third-order valence-corrected chi connectivity index (χ3v) is 7.09. The summed E-state index contributed by atoms with van der Waals surface area (Å²) in [6, 6.07) is 0. The van der Waals surface area contributed by atoms with E-state index in [1.807, 2.05) is 18.2 Å². The first kappa shape index (κ1) is 38.1. The minimum atomic E-state index is -0.800. The Morgan fingerprint density at radius 2 is 1.35 bits per heavy atom. The number of hydrogen-bond acceptors (Lipinski definition) is 6. The number of allylic oxidation sites excluding steroid dienone is 5. The van der Waals surface area contributed by atoms with Gasteiger partial charge in [-0.15, -0.1) is 0 Å². The number of ether oxygens (including phenoxy) is 2. The van der Waals surface area contributed by atoms with E-state index < -0.39 is 12.2 Å². The fraction of sp³-hybridized carbons (Fsp3) is 0.765. The van der Waals surface area contributed by atoms with Gasteiger partial charge in [0.25, 0.3) is 0 Å². The van der Waals surface area contributed by atoms with Crippen molar-refractivity contribution in [3.8, 4) is 0 Å². The third-order valence-electron chi connectivity index (χ3n) is 7.09. The standard InChI is InChI=1S/C34H60O6/c1-4-6-7-8-9-14-19-24-31(36)25-20-15-12-17-21-26-33(37)39-29-32(28-35)40-34(38)27-22-16-11-10-13-18-23-30(3)5-2/h6-7,9,14,19,24,30-32,35-36H,4-5,8,10-13,15-18,20-23,25-29H2,1-3H3/b7-6+,14-9+,24-19+/t30?,31?,32-/m0/s1. The average molecular weight is 565 g/mol. The Kier molecular flexibility index (Phi) is 27.2. The zero-order valence-corrected chi connectivity index (χ0v) is 25.9. The fourth-order valence-corrected chi connectivity index (χ4v) is 4.24. The lowest BCUT2D eigenvalue weighted by Gasteiger charge is -2.15. The second-order valence-corrected chi connectivity index (χ2v) is 11.0. The van der Waals surface area contributed by atoms with Gasteiger partial charge in [-0.3, -0.25) is 9.59 Å². The van der Waals surface area contributed by atoms with E-state index in [9.17, 15) is 19.8 Å². The van der Waals surface area contributed by atoms with Gasteiger partial charge in [-0.25, -0.2) is 0 Å². The van der Waals surface area contributed by atoms with Crippen molar-refractivity contribution < 1.29 is 29.3 Å². The Morgan fingerprint density at radius 3 is 1.98 bits per heavy atom. The van der Waals surface area contributed by atoms with Crippen molar-refractivity contribution in [1.29, 1.82) is 0 Å². The lowest BCUT2D eigenvalue weighted by molar-refractivity contribution is -0.161. The Labute approximate surface area is 245 Å². The molecule has 0 saturated carbocycles. The lowest BCUT2D eigenvalue weighted by atomic mass is 10.00. The first-order valence-electron chi connectivity index (χ1n) is 16.0. The van der Waals surface area contributed by atoms with Gasteiger partial charge in [0.15, 0.2) is 6.10 Å². The molecular weight excluding hydrogens is 504 g/mol. The largest absolute Gasteiger partial charge is 0.462 e. The number of aliphatic hydroxyl groups is 2. The van der Waals surface area contributed by atoms with E-state index >= 15 is 0 Å². The molecule has 0 amide bonds. The monoisotopic (exact) mass is 564 g/mol. The van der Waals surface area contributed by atoms with Crippen LogP contribution in [0.2, 0.25) is 0 Å². The van der Waals surface area contributed by atoms with Gasteiger partial charge in [-0.2, -0.15) is 0 Å². The highest BCUT2D eigenvalue weighted by atomic mass is 16.6. The van der Waals surface area contributed by atoms with Crippen molar-refractivity contribution in [1.82, 2.24) is 0 Å². The molecule has 0 radical (unpaired) electrons. The van der Waals surface area contributed by atoms with Crippen LogP contribution in [-0.2, 0) is 19.1 Å². The van der Waals surface area contributed by atoms with Crippen LogP contribution >= 0.6 is 0 Å². The highest BCUT2D eigenvalue weighted by molar-refractivity contribution is 5.70. The highest BCUT2D eigenvalue weighted by Crippen LogP contribution is 2.15. The normalized spacial score (nSPS) is 14.2. The first-order valence-corrected chi connectivity index (χ1v) is 16.0. The van der Waals surface area contributed by atoms with E-state index in [1.165, 1.54) is 32.1 Å². The first-order chi connectivity index (χ1) is 19.4. The van der Waals surface area contributed by atoms with Crippen molar-refractivity contribution in [2.24, 2.45) is 5.92 Å². The number of unbranched alkanes of at least 4 members (excludes halogenated alkanes) is 9. The van der Waals surface area contributed by atoms with Crippen molar-refractivity contribution in [3.05, 3.63) is 36.5 Å². The molecule has 0 aromatic rings. The maximum absolute atomic E-state index is 12.1. The van der Waals surface area contributed by atoms with E-state index in [0.29, 0.717) is 12.8 Å². The molecule has 2 N–H and O–H groups in total. The number of rotatable bonds is 27. The Bertz CT molecular complexity index is 684. The Balaban J connectivity index is 3.73. The predicted octanol–water partition coefficient (Wildman–Crippen LogP) is 8.16. The summed E-state index contributed by atoms with van der Waals surface area (Å²) in [4.78, 5) is 24.1. The summed E-state index contributed by atoms with van der Waals surface area (Å²) >= 11 is 0. The molecule has 0 aliphatic rings. The number of carbonyl (C=O) groups is 2. The quantitative estimate of drug-likeness (QED) is 0.0452. The van der Waals surface area contributed by atoms with Crippen molar-refractivity contribution >= 4 is 11.9 Å². The molecule has 6 heteroatoms. The summed E-state index contributed by atoms with van der Waals surface area (Å²) < 4.78 is 10.5. The van der Waals surface area contributed by atoms with Gasteiger partial charge in [0.1, 0.15) is 6.61 Å². The van der Waals surface area contributed by atoms with E-state index in [-0.39, 0.29) is 25.2 Å². The van der Waals surface area contributed by atoms with Gasteiger partial charge in [-0.1, -0.05) is 128 Å². The predicted molar refractivity (Wildman–Crippen MR) is 165 cm³/mol. The molecule has 0 heterocycles. The number of aliphatic hydroxyl groups excluding tert-OH is 2. The summed E-state index contributed by atoms with van der Waals surface area (Å²) in [5, 5.41) is 19.5. The molecule has 0 aromatic carbocycles. The SMILES string of the molecule is CC/C=C/C/C=C/C=C/C(O)CCCCCCCC(=O)OC[C@H](CO)OC(=O)CCCCCCCCC(C)CC. The topological polar surface area (TPSA) is 93.1 Å². The van der Waals surface area contributed by atoms with Crippen LogP contribution in [0.5, 0.6) is 0 Å². The molecule has 0 saturated heterocycles. The Morgan fingerprint density at radius 1 is 0.750 bits per heavy atom. The Hall–Kier alpha value is -1.92. The van der Waals surface area contributed by atoms with E-state index in [2.05, 4.69) is 39.0 Å². The van der Waals surface area contributed by atoms with E-state index in [1.54, 1.807) is 0 Å². The third kappa shape index (κ3) is 26.3. The molecule has 0 aliphatic carbocycles. The molecule has 0 bridgehead atoms. The summed E-state index contributed by atoms with van der Waals surface area (Å²) in [5.41, 5.74) is 0. The van der Waals surface area contributed by atoms with E-state index in [4.69, 9.17) is 9.47 Å². The average Bonchev–Trinajstić information content (AvgIpc) is 2.95. The summed E-state index contributed by atoms with van der Waals surface area (Å²) in [7, 11) is 0. The number of esters is 2. The van der Waals surface area contributed by atoms with Crippen LogP contribution < -0.4 is 0 Å². The van der Waals surface area contributed by atoms with Crippen molar-refractivity contribution in [3.63, 3.8) is 0 Å². The van der Waals surface area contributed by atoms with Gasteiger partial charge in [0.05, 0.1) is 12.7 Å². The molecule has 232 valence electrons. The molecule has 0 aromatic heterocycles. The summed E-state index contributed by atoms with van der Waals surface area (Å²) in [6.45, 7) is 6.19. The molecule has 0 rings (SSSR count). The van der Waals surface area contributed by atoms with E-state index in [0.717, 1.165) is 76.5 Å². The maximum atomic E-state index is 12.1. The molecular formula is C34H60O6. The van der Waals surface area contributed by atoms with Gasteiger partial charge in [0.2, 0.25) is 0 Å². The smallest absolute Gasteiger partial charge is 0.306 e. The molecule has 0 aliphatic heterocycles. The molecule has 2 unspecified atom stereocenters. The molecule has 3 atom stereocenters. The van der Waals surface area contributed by atoms with Crippen LogP contribution in [0.3, 0.4) is 0 Å². The van der Waals surface area contributed by atoms with Gasteiger partial charge in [-0.05, 0) is 38.0 Å². The second-order valence-electron chi connectivity index (χ2n) is 11.0. The van der Waals surface area contributed by atoms with Gasteiger partial charge < -0.3 is 19.7 Å². The maximum Gasteiger partial charge on any atom is 0.306 e. The van der Waals surface area contributed by atoms with Crippen molar-refractivity contribution in [2.45, 2.75) is 149 Å². The van der Waals surface area contributed by atoms with Gasteiger partial charge in [0, 0.05) is 12.8 Å². The minimum absolute atomic E-state index is 0.104. The number of carbonyl (C=O) groups excluding carboxylic acids is 2. The lowest BCUT2D eigenvalue weighted by Crippen LogP contribution is -2.28. The minimum Gasteiger partial charge on any atom is -0.462 e.